The first kappa shape index (κ1) is 15.7. The Morgan fingerprint density at radius 1 is 1.00 bits per heavy atom. The molecule has 25 heavy (non-hydrogen) atoms. The zero-order chi connectivity index (χ0) is 17.2. The summed E-state index contributed by atoms with van der Waals surface area (Å²) in [6.45, 7) is 4.21. The molecule has 7 nitrogen and oxygen atoms in total. The first-order valence-corrected chi connectivity index (χ1v) is 8.40. The summed E-state index contributed by atoms with van der Waals surface area (Å²) in [5.41, 5.74) is 2.17. The van der Waals surface area contributed by atoms with Gasteiger partial charge in [-0.05, 0) is 12.6 Å². The van der Waals surface area contributed by atoms with Crippen LogP contribution >= 0.6 is 0 Å². The first-order valence-electron chi connectivity index (χ1n) is 8.40. The summed E-state index contributed by atoms with van der Waals surface area (Å²) in [6, 6.07) is 9.90. The molecule has 1 aliphatic heterocycles. The Balaban J connectivity index is 1.78. The zero-order valence-electron chi connectivity index (χ0n) is 14.2. The predicted octanol–water partition coefficient (Wildman–Crippen LogP) is 0.987. The van der Waals surface area contributed by atoms with Crippen LogP contribution in [0.1, 0.15) is 5.56 Å². The van der Waals surface area contributed by atoms with E-state index in [1.54, 1.807) is 4.57 Å². The monoisotopic (exact) mass is 336 g/mol. The number of anilines is 1. The van der Waals surface area contributed by atoms with E-state index in [2.05, 4.69) is 31.8 Å². The van der Waals surface area contributed by atoms with Crippen molar-refractivity contribution >= 4 is 17.0 Å². The van der Waals surface area contributed by atoms with E-state index in [9.17, 15) is 4.79 Å². The Morgan fingerprint density at radius 3 is 2.52 bits per heavy atom. The van der Waals surface area contributed by atoms with E-state index in [-0.39, 0.29) is 5.56 Å². The second kappa shape index (κ2) is 6.60. The minimum atomic E-state index is -0.153. The van der Waals surface area contributed by atoms with Gasteiger partial charge in [0.1, 0.15) is 11.8 Å². The molecule has 128 valence electrons. The van der Waals surface area contributed by atoms with E-state index in [1.807, 2.05) is 30.3 Å². The molecule has 1 aliphatic rings. The molecule has 3 aromatic rings. The third kappa shape index (κ3) is 3.10. The third-order valence-corrected chi connectivity index (χ3v) is 4.60. The Labute approximate surface area is 145 Å². The van der Waals surface area contributed by atoms with Gasteiger partial charge in [-0.1, -0.05) is 30.3 Å². The smallest absolute Gasteiger partial charge is 0.270 e. The van der Waals surface area contributed by atoms with Gasteiger partial charge in [0.15, 0.2) is 11.5 Å². The largest absolute Gasteiger partial charge is 0.352 e. The molecule has 4 rings (SSSR count). The summed E-state index contributed by atoms with van der Waals surface area (Å²) >= 11 is 0. The van der Waals surface area contributed by atoms with Crippen molar-refractivity contribution in [3.8, 4) is 0 Å². The van der Waals surface area contributed by atoms with Crippen LogP contribution in [0.3, 0.4) is 0 Å². The maximum Gasteiger partial charge on any atom is 0.270 e. The maximum absolute atomic E-state index is 12.4. The Kier molecular flexibility index (Phi) is 4.15. The van der Waals surface area contributed by atoms with Crippen LogP contribution in [0.4, 0.5) is 5.82 Å². The molecule has 2 aromatic heterocycles. The van der Waals surface area contributed by atoms with Crippen LogP contribution < -0.4 is 10.5 Å². The minimum Gasteiger partial charge on any atom is -0.352 e. The number of likely N-dealkylation sites (N-methyl/N-ethyl adjacent to an activating group) is 1. The predicted molar refractivity (Wildman–Crippen MR) is 96.8 cm³/mol. The molecule has 1 fully saturated rings. The molecule has 0 saturated carbocycles. The zero-order valence-corrected chi connectivity index (χ0v) is 14.2. The molecule has 0 N–H and O–H groups in total. The molecule has 0 bridgehead atoms. The molecule has 0 radical (unpaired) electrons. The second-order valence-electron chi connectivity index (χ2n) is 6.33. The van der Waals surface area contributed by atoms with Crippen molar-refractivity contribution in [2.45, 2.75) is 6.54 Å². The van der Waals surface area contributed by atoms with Gasteiger partial charge in [-0.3, -0.25) is 9.36 Å². The summed E-state index contributed by atoms with van der Waals surface area (Å²) < 4.78 is 1.67. The van der Waals surface area contributed by atoms with Gasteiger partial charge in [-0.25, -0.2) is 15.0 Å². The highest BCUT2D eigenvalue weighted by atomic mass is 16.1. The number of piperazine rings is 1. The molecule has 0 unspecified atom stereocenters. The van der Waals surface area contributed by atoms with Gasteiger partial charge in [0.05, 0.1) is 12.7 Å². The lowest BCUT2D eigenvalue weighted by Gasteiger charge is -2.33. The SMILES string of the molecule is CN1CCN(c2ncnc3c2ncc(=O)n3Cc2ccccc2)CC1. The van der Waals surface area contributed by atoms with Crippen LogP contribution in [0.15, 0.2) is 47.7 Å². The fraction of sp³-hybridized carbons (Fsp3) is 0.333. The maximum atomic E-state index is 12.4. The highest BCUT2D eigenvalue weighted by Crippen LogP contribution is 2.21. The van der Waals surface area contributed by atoms with Crippen molar-refractivity contribution in [3.05, 3.63) is 58.8 Å². The number of hydrogen-bond donors (Lipinski definition) is 0. The van der Waals surface area contributed by atoms with Crippen LogP contribution in [0.2, 0.25) is 0 Å². The molecular weight excluding hydrogens is 316 g/mol. The number of benzene rings is 1. The summed E-state index contributed by atoms with van der Waals surface area (Å²) in [4.78, 5) is 30.1. The summed E-state index contributed by atoms with van der Waals surface area (Å²) in [5.74, 6) is 0.805. The lowest BCUT2D eigenvalue weighted by atomic mass is 10.2. The van der Waals surface area contributed by atoms with Crippen LogP contribution in [0, 0.1) is 0 Å². The molecule has 3 heterocycles. The Morgan fingerprint density at radius 2 is 1.76 bits per heavy atom. The van der Waals surface area contributed by atoms with Gasteiger partial charge in [-0.15, -0.1) is 0 Å². The van der Waals surface area contributed by atoms with Crippen molar-refractivity contribution in [2.24, 2.45) is 0 Å². The van der Waals surface area contributed by atoms with Crippen LogP contribution in [-0.2, 0) is 6.54 Å². The number of aromatic nitrogens is 4. The lowest BCUT2D eigenvalue weighted by Crippen LogP contribution is -2.45. The quantitative estimate of drug-likeness (QED) is 0.710. The van der Waals surface area contributed by atoms with Crippen LogP contribution in [-0.4, -0.2) is 57.6 Å². The van der Waals surface area contributed by atoms with Crippen molar-refractivity contribution in [1.82, 2.24) is 24.4 Å². The van der Waals surface area contributed by atoms with Crippen molar-refractivity contribution in [2.75, 3.05) is 38.1 Å². The van der Waals surface area contributed by atoms with E-state index in [0.29, 0.717) is 17.7 Å². The van der Waals surface area contributed by atoms with E-state index in [0.717, 1.165) is 37.6 Å². The lowest BCUT2D eigenvalue weighted by molar-refractivity contribution is 0.312. The first-order chi connectivity index (χ1) is 12.2. The highest BCUT2D eigenvalue weighted by molar-refractivity contribution is 5.82. The average Bonchev–Trinajstić information content (AvgIpc) is 2.65. The fourth-order valence-electron chi connectivity index (χ4n) is 3.14. The average molecular weight is 336 g/mol. The van der Waals surface area contributed by atoms with E-state index in [1.165, 1.54) is 12.5 Å². The molecule has 0 aliphatic carbocycles. The van der Waals surface area contributed by atoms with E-state index in [4.69, 9.17) is 0 Å². The highest BCUT2D eigenvalue weighted by Gasteiger charge is 2.20. The van der Waals surface area contributed by atoms with Gasteiger partial charge in [0, 0.05) is 26.2 Å². The number of rotatable bonds is 3. The van der Waals surface area contributed by atoms with Crippen LogP contribution in [0.25, 0.3) is 11.2 Å². The Hall–Kier alpha value is -2.80. The van der Waals surface area contributed by atoms with Crippen molar-refractivity contribution in [1.29, 1.82) is 0 Å². The van der Waals surface area contributed by atoms with Gasteiger partial charge >= 0.3 is 0 Å². The second-order valence-corrected chi connectivity index (χ2v) is 6.33. The molecule has 1 aromatic carbocycles. The third-order valence-electron chi connectivity index (χ3n) is 4.60. The van der Waals surface area contributed by atoms with E-state index < -0.39 is 0 Å². The summed E-state index contributed by atoms with van der Waals surface area (Å²) in [7, 11) is 2.12. The number of nitrogens with zero attached hydrogens (tertiary/aromatic N) is 6. The molecule has 0 spiro atoms. The van der Waals surface area contributed by atoms with Crippen molar-refractivity contribution in [3.63, 3.8) is 0 Å². The van der Waals surface area contributed by atoms with Gasteiger partial charge < -0.3 is 9.80 Å². The number of hydrogen-bond acceptors (Lipinski definition) is 6. The van der Waals surface area contributed by atoms with E-state index >= 15 is 0 Å². The standard InChI is InChI=1S/C18H20N6O/c1-22-7-9-23(10-8-22)17-16-18(21-13-20-17)24(15(25)11-19-16)12-14-5-3-2-4-6-14/h2-6,11,13H,7-10,12H2,1H3. The topological polar surface area (TPSA) is 67.2 Å². The summed E-state index contributed by atoms with van der Waals surface area (Å²) in [6.07, 6.45) is 2.90. The molecule has 0 atom stereocenters. The van der Waals surface area contributed by atoms with Gasteiger partial charge in [-0.2, -0.15) is 0 Å². The normalized spacial score (nSPS) is 15.6. The fourth-order valence-corrected chi connectivity index (χ4v) is 3.14. The molecular formula is C18H20N6O. The van der Waals surface area contributed by atoms with Gasteiger partial charge in [0.2, 0.25) is 0 Å². The molecule has 1 saturated heterocycles. The van der Waals surface area contributed by atoms with Crippen LogP contribution in [0.5, 0.6) is 0 Å². The van der Waals surface area contributed by atoms with Gasteiger partial charge in [0.25, 0.3) is 5.56 Å². The summed E-state index contributed by atoms with van der Waals surface area (Å²) in [5, 5.41) is 0. The Bertz CT molecular complexity index is 931. The molecule has 0 amide bonds. The molecule has 7 heteroatoms. The van der Waals surface area contributed by atoms with Crippen molar-refractivity contribution < 1.29 is 0 Å². The minimum absolute atomic E-state index is 0.153. The number of fused-ring (bicyclic) bond motifs is 1.